The predicted octanol–water partition coefficient (Wildman–Crippen LogP) is 1.66. The second-order valence-corrected chi connectivity index (χ2v) is 5.48. The molecule has 5 heteroatoms. The molecular weight excluding hydrogens is 264 g/mol. The zero-order chi connectivity index (χ0) is 14.7. The average Bonchev–Trinajstić information content (AvgIpc) is 2.98. The van der Waals surface area contributed by atoms with Gasteiger partial charge in [-0.1, -0.05) is 18.2 Å². The van der Waals surface area contributed by atoms with Gasteiger partial charge < -0.3 is 10.6 Å². The first kappa shape index (κ1) is 13.8. The fraction of sp³-hybridized carbons (Fsp3) is 0.375. The Morgan fingerprint density at radius 1 is 1.43 bits per heavy atom. The standard InChI is InChI=1S/C16H20N4O/c1-12-5-2-3-7-15(12)20-11-13(9-18-20)16(21)19-14-6-4-8-17-10-14/h2-3,5,7,9,11,14,17H,4,6,8,10H2,1H3,(H,19,21)/t14-/m0/s1. The number of nitrogens with one attached hydrogen (secondary N) is 2. The van der Waals surface area contributed by atoms with Crippen molar-refractivity contribution in [1.82, 2.24) is 20.4 Å². The van der Waals surface area contributed by atoms with Crippen LogP contribution >= 0.6 is 0 Å². The third-order valence-corrected chi connectivity index (χ3v) is 3.84. The van der Waals surface area contributed by atoms with Crippen LogP contribution < -0.4 is 10.6 Å². The summed E-state index contributed by atoms with van der Waals surface area (Å²) in [6, 6.07) is 8.20. The van der Waals surface area contributed by atoms with E-state index in [2.05, 4.69) is 15.7 Å². The number of para-hydroxylation sites is 1. The van der Waals surface area contributed by atoms with Crippen LogP contribution in [0.15, 0.2) is 36.7 Å². The molecule has 110 valence electrons. The highest BCUT2D eigenvalue weighted by atomic mass is 16.1. The molecule has 0 saturated carbocycles. The number of aromatic nitrogens is 2. The van der Waals surface area contributed by atoms with Gasteiger partial charge in [0.2, 0.25) is 0 Å². The van der Waals surface area contributed by atoms with E-state index in [4.69, 9.17) is 0 Å². The monoisotopic (exact) mass is 284 g/mol. The molecule has 5 nitrogen and oxygen atoms in total. The van der Waals surface area contributed by atoms with Gasteiger partial charge in [0.25, 0.3) is 5.91 Å². The molecule has 1 fully saturated rings. The first-order chi connectivity index (χ1) is 10.2. The molecule has 1 aliphatic rings. The van der Waals surface area contributed by atoms with Crippen LogP contribution in [0, 0.1) is 6.92 Å². The van der Waals surface area contributed by atoms with Gasteiger partial charge in [-0.2, -0.15) is 5.10 Å². The van der Waals surface area contributed by atoms with Crippen molar-refractivity contribution in [2.45, 2.75) is 25.8 Å². The normalized spacial score (nSPS) is 18.4. The quantitative estimate of drug-likeness (QED) is 0.901. The van der Waals surface area contributed by atoms with Crippen LogP contribution in [0.25, 0.3) is 5.69 Å². The Morgan fingerprint density at radius 3 is 3.05 bits per heavy atom. The average molecular weight is 284 g/mol. The number of aryl methyl sites for hydroxylation is 1. The molecule has 0 bridgehead atoms. The predicted molar refractivity (Wildman–Crippen MR) is 81.7 cm³/mol. The van der Waals surface area contributed by atoms with Gasteiger partial charge >= 0.3 is 0 Å². The van der Waals surface area contributed by atoms with Crippen molar-refractivity contribution in [3.05, 3.63) is 47.8 Å². The van der Waals surface area contributed by atoms with E-state index in [1.165, 1.54) is 0 Å². The molecule has 0 unspecified atom stereocenters. The van der Waals surface area contributed by atoms with E-state index in [1.54, 1.807) is 17.1 Å². The van der Waals surface area contributed by atoms with Gasteiger partial charge in [0.1, 0.15) is 0 Å². The third-order valence-electron chi connectivity index (χ3n) is 3.84. The van der Waals surface area contributed by atoms with Crippen molar-refractivity contribution in [2.75, 3.05) is 13.1 Å². The summed E-state index contributed by atoms with van der Waals surface area (Å²) in [5, 5.41) is 10.7. The molecule has 2 N–H and O–H groups in total. The van der Waals surface area contributed by atoms with Gasteiger partial charge in [-0.3, -0.25) is 4.79 Å². The van der Waals surface area contributed by atoms with Crippen LogP contribution in [0.1, 0.15) is 28.8 Å². The highest BCUT2D eigenvalue weighted by Gasteiger charge is 2.17. The molecule has 1 aliphatic heterocycles. The Labute approximate surface area is 124 Å². The van der Waals surface area contributed by atoms with E-state index >= 15 is 0 Å². The molecule has 21 heavy (non-hydrogen) atoms. The van der Waals surface area contributed by atoms with Crippen molar-refractivity contribution in [3.8, 4) is 5.69 Å². The molecule has 2 heterocycles. The largest absolute Gasteiger partial charge is 0.348 e. The summed E-state index contributed by atoms with van der Waals surface area (Å²) >= 11 is 0. The van der Waals surface area contributed by atoms with Crippen LogP contribution in [0.2, 0.25) is 0 Å². The van der Waals surface area contributed by atoms with E-state index in [9.17, 15) is 4.79 Å². The van der Waals surface area contributed by atoms with E-state index in [0.29, 0.717) is 5.56 Å². The van der Waals surface area contributed by atoms with Gasteiger partial charge in [-0.05, 0) is 37.9 Å². The van der Waals surface area contributed by atoms with Crippen LogP contribution in [0.3, 0.4) is 0 Å². The molecule has 1 amide bonds. The zero-order valence-electron chi connectivity index (χ0n) is 12.2. The van der Waals surface area contributed by atoms with Gasteiger partial charge in [-0.15, -0.1) is 0 Å². The second kappa shape index (κ2) is 6.10. The number of carbonyl (C=O) groups is 1. The zero-order valence-corrected chi connectivity index (χ0v) is 12.2. The molecule has 0 aliphatic carbocycles. The lowest BCUT2D eigenvalue weighted by molar-refractivity contribution is 0.0930. The van der Waals surface area contributed by atoms with Gasteiger partial charge in [0, 0.05) is 18.8 Å². The molecule has 3 rings (SSSR count). The minimum Gasteiger partial charge on any atom is -0.348 e. The smallest absolute Gasteiger partial charge is 0.254 e. The molecule has 1 aromatic heterocycles. The van der Waals surface area contributed by atoms with Crippen molar-refractivity contribution in [3.63, 3.8) is 0 Å². The van der Waals surface area contributed by atoms with Crippen molar-refractivity contribution < 1.29 is 4.79 Å². The van der Waals surface area contributed by atoms with Crippen molar-refractivity contribution >= 4 is 5.91 Å². The summed E-state index contributed by atoms with van der Waals surface area (Å²) in [4.78, 5) is 12.3. The number of benzene rings is 1. The van der Waals surface area contributed by atoms with Gasteiger partial charge in [0.15, 0.2) is 0 Å². The minimum absolute atomic E-state index is 0.0523. The molecular formula is C16H20N4O. The summed E-state index contributed by atoms with van der Waals surface area (Å²) in [5.41, 5.74) is 2.73. The molecule has 2 aromatic rings. The summed E-state index contributed by atoms with van der Waals surface area (Å²) in [6.45, 7) is 3.92. The van der Waals surface area contributed by atoms with Gasteiger partial charge in [0.05, 0.1) is 17.4 Å². The van der Waals surface area contributed by atoms with Crippen LogP contribution in [0.5, 0.6) is 0 Å². The SMILES string of the molecule is Cc1ccccc1-n1cc(C(=O)N[C@H]2CCCNC2)cn1. The molecule has 0 radical (unpaired) electrons. The van der Waals surface area contributed by atoms with Crippen LogP contribution in [-0.4, -0.2) is 34.8 Å². The highest BCUT2D eigenvalue weighted by molar-refractivity contribution is 5.94. The maximum absolute atomic E-state index is 12.3. The fourth-order valence-electron chi connectivity index (χ4n) is 2.64. The Balaban J connectivity index is 1.72. The Bertz CT molecular complexity index is 629. The summed E-state index contributed by atoms with van der Waals surface area (Å²) in [5.74, 6) is -0.0523. The Kier molecular flexibility index (Phi) is 4.01. The van der Waals surface area contributed by atoms with E-state index < -0.39 is 0 Å². The van der Waals surface area contributed by atoms with E-state index in [0.717, 1.165) is 37.2 Å². The number of nitrogens with zero attached hydrogens (tertiary/aromatic N) is 2. The number of rotatable bonds is 3. The minimum atomic E-state index is -0.0523. The number of amides is 1. The first-order valence-corrected chi connectivity index (χ1v) is 7.36. The number of hydrogen-bond acceptors (Lipinski definition) is 3. The van der Waals surface area contributed by atoms with Crippen molar-refractivity contribution in [1.29, 1.82) is 0 Å². The fourth-order valence-corrected chi connectivity index (χ4v) is 2.64. The molecule has 1 saturated heterocycles. The Morgan fingerprint density at radius 2 is 2.29 bits per heavy atom. The number of hydrogen-bond donors (Lipinski definition) is 2. The van der Waals surface area contributed by atoms with Gasteiger partial charge in [-0.25, -0.2) is 4.68 Å². The molecule has 1 aromatic carbocycles. The maximum atomic E-state index is 12.3. The third kappa shape index (κ3) is 3.13. The van der Waals surface area contributed by atoms with E-state index in [-0.39, 0.29) is 11.9 Å². The lowest BCUT2D eigenvalue weighted by Gasteiger charge is -2.23. The highest BCUT2D eigenvalue weighted by Crippen LogP contribution is 2.13. The number of piperidine rings is 1. The molecule has 0 spiro atoms. The summed E-state index contributed by atoms with van der Waals surface area (Å²) < 4.78 is 1.75. The molecule has 1 atom stereocenters. The lowest BCUT2D eigenvalue weighted by Crippen LogP contribution is -2.45. The topological polar surface area (TPSA) is 59.0 Å². The second-order valence-electron chi connectivity index (χ2n) is 5.48. The van der Waals surface area contributed by atoms with Crippen molar-refractivity contribution in [2.24, 2.45) is 0 Å². The summed E-state index contributed by atoms with van der Waals surface area (Å²) in [7, 11) is 0. The maximum Gasteiger partial charge on any atom is 0.254 e. The van der Waals surface area contributed by atoms with Crippen LogP contribution in [-0.2, 0) is 0 Å². The first-order valence-electron chi connectivity index (χ1n) is 7.36. The number of carbonyl (C=O) groups excluding carboxylic acids is 1. The Hall–Kier alpha value is -2.14. The van der Waals surface area contributed by atoms with Crippen LogP contribution in [0.4, 0.5) is 0 Å². The lowest BCUT2D eigenvalue weighted by atomic mass is 10.1. The van der Waals surface area contributed by atoms with E-state index in [1.807, 2.05) is 31.2 Å². The summed E-state index contributed by atoms with van der Waals surface area (Å²) in [6.07, 6.45) is 5.55.